The minimum absolute atomic E-state index is 0.607. The van der Waals surface area contributed by atoms with Crippen molar-refractivity contribution in [2.24, 2.45) is 0 Å². The van der Waals surface area contributed by atoms with Crippen molar-refractivity contribution in [1.82, 2.24) is 9.88 Å². The first-order chi connectivity index (χ1) is 13.7. The Labute approximate surface area is 168 Å². The van der Waals surface area contributed by atoms with Crippen molar-refractivity contribution < 1.29 is 9.15 Å². The fourth-order valence-corrected chi connectivity index (χ4v) is 4.47. The summed E-state index contributed by atoms with van der Waals surface area (Å²) in [6, 6.07) is 14.1. The number of furan rings is 1. The summed E-state index contributed by atoms with van der Waals surface area (Å²) in [6.07, 6.45) is 2.53. The summed E-state index contributed by atoms with van der Waals surface area (Å²) in [4.78, 5) is 7.15. The number of hydrogen-bond donors (Lipinski definition) is 0. The predicted molar refractivity (Wildman–Crippen MR) is 109 cm³/mol. The lowest BCUT2D eigenvalue weighted by molar-refractivity contribution is 0.309. The number of pyridine rings is 1. The standard InChI is InChI=1S/C22H21N3O2S/c1-25-10-9-19-18(13-25)21(16-7-3-4-8-20(16)26-2)17(12-23)22(24-19)28-14-15-6-5-11-27-15/h3-8,11H,9-10,13-14H2,1-2H3. The van der Waals surface area contributed by atoms with Gasteiger partial charge in [-0.1, -0.05) is 30.0 Å². The zero-order chi connectivity index (χ0) is 19.5. The third-order valence-electron chi connectivity index (χ3n) is 4.93. The maximum atomic E-state index is 10.1. The van der Waals surface area contributed by atoms with Gasteiger partial charge in [0.1, 0.15) is 22.6 Å². The van der Waals surface area contributed by atoms with E-state index >= 15 is 0 Å². The monoisotopic (exact) mass is 391 g/mol. The molecular weight excluding hydrogens is 370 g/mol. The average Bonchev–Trinajstić information content (AvgIpc) is 3.25. The molecule has 0 bridgehead atoms. The molecule has 1 aliphatic rings. The molecule has 0 spiro atoms. The average molecular weight is 391 g/mol. The number of methoxy groups -OCH3 is 1. The number of nitrogens with zero attached hydrogens (tertiary/aromatic N) is 3. The lowest BCUT2D eigenvalue weighted by Crippen LogP contribution is -2.28. The highest BCUT2D eigenvalue weighted by Gasteiger charge is 2.26. The molecule has 3 aromatic rings. The van der Waals surface area contributed by atoms with E-state index < -0.39 is 0 Å². The molecule has 0 amide bonds. The molecular formula is C22H21N3O2S. The summed E-state index contributed by atoms with van der Waals surface area (Å²) >= 11 is 1.54. The van der Waals surface area contributed by atoms with Crippen LogP contribution in [-0.2, 0) is 18.7 Å². The fraction of sp³-hybridized carbons (Fsp3) is 0.273. The maximum Gasteiger partial charge on any atom is 0.126 e. The number of ether oxygens (including phenoxy) is 1. The molecule has 0 radical (unpaired) electrons. The quantitative estimate of drug-likeness (QED) is 0.597. The number of aromatic nitrogens is 1. The van der Waals surface area contributed by atoms with E-state index in [1.165, 1.54) is 0 Å². The van der Waals surface area contributed by atoms with E-state index in [-0.39, 0.29) is 0 Å². The number of benzene rings is 1. The van der Waals surface area contributed by atoms with Crippen molar-refractivity contribution in [3.63, 3.8) is 0 Å². The number of hydrogen-bond acceptors (Lipinski definition) is 6. The highest BCUT2D eigenvalue weighted by atomic mass is 32.2. The third-order valence-corrected chi connectivity index (χ3v) is 5.93. The van der Waals surface area contributed by atoms with E-state index in [1.807, 2.05) is 36.4 Å². The molecule has 0 saturated carbocycles. The Morgan fingerprint density at radius 1 is 1.29 bits per heavy atom. The van der Waals surface area contributed by atoms with Crippen LogP contribution in [0.1, 0.15) is 22.6 Å². The lowest BCUT2D eigenvalue weighted by Gasteiger charge is -2.28. The van der Waals surface area contributed by atoms with Crippen LogP contribution in [0.3, 0.4) is 0 Å². The normalized spacial score (nSPS) is 13.8. The molecule has 1 aromatic carbocycles. The first kappa shape index (κ1) is 18.6. The molecule has 5 nitrogen and oxygen atoms in total. The van der Waals surface area contributed by atoms with Crippen LogP contribution >= 0.6 is 11.8 Å². The maximum absolute atomic E-state index is 10.1. The second kappa shape index (κ2) is 8.09. The van der Waals surface area contributed by atoms with Gasteiger partial charge in [0.05, 0.1) is 24.7 Å². The van der Waals surface area contributed by atoms with E-state index in [0.717, 1.165) is 58.4 Å². The number of rotatable bonds is 5. The molecule has 3 heterocycles. The van der Waals surface area contributed by atoms with Crippen LogP contribution in [0.4, 0.5) is 0 Å². The zero-order valence-corrected chi connectivity index (χ0v) is 16.8. The van der Waals surface area contributed by atoms with E-state index in [1.54, 1.807) is 25.1 Å². The van der Waals surface area contributed by atoms with Crippen molar-refractivity contribution in [1.29, 1.82) is 5.26 Å². The van der Waals surface area contributed by atoms with Crippen molar-refractivity contribution in [2.45, 2.75) is 23.7 Å². The van der Waals surface area contributed by atoms with E-state index in [4.69, 9.17) is 14.1 Å². The number of likely N-dealkylation sites (N-methyl/N-ethyl adjacent to an activating group) is 1. The number of nitriles is 1. The van der Waals surface area contributed by atoms with Crippen molar-refractivity contribution in [2.75, 3.05) is 20.7 Å². The predicted octanol–water partition coefficient (Wildman–Crippen LogP) is 4.50. The van der Waals surface area contributed by atoms with Crippen molar-refractivity contribution >= 4 is 11.8 Å². The topological polar surface area (TPSA) is 62.3 Å². The third kappa shape index (κ3) is 3.51. The largest absolute Gasteiger partial charge is 0.496 e. The molecule has 2 aromatic heterocycles. The van der Waals surface area contributed by atoms with Gasteiger partial charge in [-0.15, -0.1) is 0 Å². The van der Waals surface area contributed by atoms with Gasteiger partial charge in [-0.05, 0) is 30.8 Å². The first-order valence-corrected chi connectivity index (χ1v) is 10.1. The first-order valence-electron chi connectivity index (χ1n) is 9.14. The van der Waals surface area contributed by atoms with E-state index in [2.05, 4.69) is 18.0 Å². The van der Waals surface area contributed by atoms with Crippen LogP contribution in [-0.4, -0.2) is 30.6 Å². The summed E-state index contributed by atoms with van der Waals surface area (Å²) in [5, 5.41) is 10.8. The van der Waals surface area contributed by atoms with Crippen LogP contribution in [0.25, 0.3) is 11.1 Å². The summed E-state index contributed by atoms with van der Waals surface area (Å²) < 4.78 is 11.1. The molecule has 0 fully saturated rings. The molecule has 6 heteroatoms. The number of fused-ring (bicyclic) bond motifs is 1. The van der Waals surface area contributed by atoms with Gasteiger partial charge in [0.25, 0.3) is 0 Å². The fourth-order valence-electron chi connectivity index (χ4n) is 3.56. The number of para-hydroxylation sites is 1. The van der Waals surface area contributed by atoms with Gasteiger partial charge in [-0.3, -0.25) is 0 Å². The van der Waals surface area contributed by atoms with Crippen LogP contribution < -0.4 is 4.74 Å². The molecule has 0 atom stereocenters. The Bertz CT molecular complexity index is 1030. The smallest absolute Gasteiger partial charge is 0.126 e. The Kier molecular flexibility index (Phi) is 5.38. The molecule has 1 aliphatic heterocycles. The summed E-state index contributed by atoms with van der Waals surface area (Å²) in [5.74, 6) is 2.27. The molecule has 28 heavy (non-hydrogen) atoms. The molecule has 0 aliphatic carbocycles. The molecule has 0 saturated heterocycles. The molecule has 4 rings (SSSR count). The Hall–Kier alpha value is -2.75. The molecule has 142 valence electrons. The minimum atomic E-state index is 0.607. The van der Waals surface area contributed by atoms with E-state index in [9.17, 15) is 5.26 Å². The van der Waals surface area contributed by atoms with Crippen LogP contribution in [0, 0.1) is 11.3 Å². The highest BCUT2D eigenvalue weighted by molar-refractivity contribution is 7.98. The van der Waals surface area contributed by atoms with Crippen LogP contribution in [0.5, 0.6) is 5.75 Å². The second-order valence-corrected chi connectivity index (χ2v) is 7.72. The van der Waals surface area contributed by atoms with Gasteiger partial charge in [0.2, 0.25) is 0 Å². The zero-order valence-electron chi connectivity index (χ0n) is 15.9. The van der Waals surface area contributed by atoms with Gasteiger partial charge in [-0.2, -0.15) is 5.26 Å². The van der Waals surface area contributed by atoms with Crippen LogP contribution in [0.2, 0.25) is 0 Å². The number of thioether (sulfide) groups is 1. The van der Waals surface area contributed by atoms with Gasteiger partial charge in [-0.25, -0.2) is 4.98 Å². The van der Waals surface area contributed by atoms with Gasteiger partial charge < -0.3 is 14.1 Å². The molecule has 0 N–H and O–H groups in total. The van der Waals surface area contributed by atoms with Crippen molar-refractivity contribution in [3.8, 4) is 22.9 Å². The highest BCUT2D eigenvalue weighted by Crippen LogP contribution is 2.41. The SMILES string of the molecule is COc1ccccc1-c1c(C#N)c(SCc2ccco2)nc2c1CN(C)CC2. The Morgan fingerprint density at radius 2 is 2.14 bits per heavy atom. The van der Waals surface area contributed by atoms with Gasteiger partial charge in [0, 0.05) is 36.3 Å². The Morgan fingerprint density at radius 3 is 2.89 bits per heavy atom. The minimum Gasteiger partial charge on any atom is -0.496 e. The second-order valence-electron chi connectivity index (χ2n) is 6.76. The summed E-state index contributed by atoms with van der Waals surface area (Å²) in [5.41, 5.74) is 4.68. The summed E-state index contributed by atoms with van der Waals surface area (Å²) in [6.45, 7) is 1.73. The van der Waals surface area contributed by atoms with Gasteiger partial charge >= 0.3 is 0 Å². The molecule has 0 unspecified atom stereocenters. The van der Waals surface area contributed by atoms with E-state index in [0.29, 0.717) is 11.3 Å². The van der Waals surface area contributed by atoms with Crippen LogP contribution in [0.15, 0.2) is 52.1 Å². The van der Waals surface area contributed by atoms with Crippen molar-refractivity contribution in [3.05, 3.63) is 65.2 Å². The Balaban J connectivity index is 1.88. The van der Waals surface area contributed by atoms with Gasteiger partial charge in [0.15, 0.2) is 0 Å². The lowest BCUT2D eigenvalue weighted by atomic mass is 9.91. The summed E-state index contributed by atoms with van der Waals surface area (Å²) in [7, 11) is 3.76.